The third-order valence-corrected chi connectivity index (χ3v) is 3.31. The van der Waals surface area contributed by atoms with Crippen LogP contribution in [0.2, 0.25) is 0 Å². The van der Waals surface area contributed by atoms with E-state index < -0.39 is 6.10 Å². The molecule has 0 aliphatic carbocycles. The van der Waals surface area contributed by atoms with E-state index in [1.165, 1.54) is 11.5 Å². The van der Waals surface area contributed by atoms with Gasteiger partial charge in [-0.2, -0.15) is 0 Å². The summed E-state index contributed by atoms with van der Waals surface area (Å²) in [5.41, 5.74) is 1.99. The van der Waals surface area contributed by atoms with Crippen molar-refractivity contribution in [3.05, 3.63) is 29.6 Å². The molecule has 2 aromatic rings. The Kier molecular flexibility index (Phi) is 4.73. The van der Waals surface area contributed by atoms with Crippen LogP contribution in [0.25, 0.3) is 11.3 Å². The molecule has 0 spiro atoms. The van der Waals surface area contributed by atoms with Crippen LogP contribution in [0.1, 0.15) is 27.2 Å². The van der Waals surface area contributed by atoms with Gasteiger partial charge in [0.15, 0.2) is 0 Å². The van der Waals surface area contributed by atoms with Crippen molar-refractivity contribution in [1.29, 1.82) is 0 Å². The van der Waals surface area contributed by atoms with E-state index >= 15 is 0 Å². The predicted octanol–water partition coefficient (Wildman–Crippen LogP) is 3.38. The second-order valence-electron chi connectivity index (χ2n) is 6.04. The van der Waals surface area contributed by atoms with Crippen LogP contribution >= 0.6 is 11.5 Å². The molecule has 0 amide bonds. The van der Waals surface area contributed by atoms with Crippen LogP contribution in [-0.4, -0.2) is 27.4 Å². The molecule has 0 bridgehead atoms. The molecule has 4 nitrogen and oxygen atoms in total. The Morgan fingerprint density at radius 2 is 1.95 bits per heavy atom. The second-order valence-corrected chi connectivity index (χ2v) is 6.65. The third-order valence-electron chi connectivity index (χ3n) is 2.80. The van der Waals surface area contributed by atoms with Crippen LogP contribution < -0.4 is 4.74 Å². The molecule has 1 heterocycles. The summed E-state index contributed by atoms with van der Waals surface area (Å²) < 4.78 is 9.44. The van der Waals surface area contributed by atoms with Crippen LogP contribution in [0.15, 0.2) is 29.6 Å². The van der Waals surface area contributed by atoms with Gasteiger partial charge in [0.2, 0.25) is 0 Å². The van der Waals surface area contributed by atoms with Gasteiger partial charge in [0.1, 0.15) is 18.1 Å². The second kappa shape index (κ2) is 6.33. The van der Waals surface area contributed by atoms with Gasteiger partial charge in [0, 0.05) is 10.9 Å². The molecule has 0 radical (unpaired) electrons. The molecular weight excluding hydrogens is 272 g/mol. The molecule has 0 saturated heterocycles. The summed E-state index contributed by atoms with van der Waals surface area (Å²) in [7, 11) is 0. The molecule has 0 fully saturated rings. The van der Waals surface area contributed by atoms with Crippen molar-refractivity contribution in [1.82, 2.24) is 9.59 Å². The molecule has 0 aliphatic rings. The molecular formula is C15H20N2O2S. The fraction of sp³-hybridized carbons (Fsp3) is 0.467. The van der Waals surface area contributed by atoms with Crippen molar-refractivity contribution in [3.63, 3.8) is 0 Å². The molecule has 1 unspecified atom stereocenters. The van der Waals surface area contributed by atoms with Crippen LogP contribution in [0.3, 0.4) is 0 Å². The monoisotopic (exact) mass is 292 g/mol. The number of aliphatic hydroxyl groups is 1. The first-order valence-electron chi connectivity index (χ1n) is 6.62. The Balaban J connectivity index is 1.88. The maximum absolute atomic E-state index is 9.91. The first-order chi connectivity index (χ1) is 9.44. The zero-order valence-electron chi connectivity index (χ0n) is 12.0. The van der Waals surface area contributed by atoms with Crippen molar-refractivity contribution < 1.29 is 9.84 Å². The number of nitrogens with zero attached hydrogens (tertiary/aromatic N) is 2. The van der Waals surface area contributed by atoms with Gasteiger partial charge >= 0.3 is 0 Å². The van der Waals surface area contributed by atoms with Crippen molar-refractivity contribution in [2.45, 2.75) is 33.3 Å². The maximum Gasteiger partial charge on any atom is 0.119 e. The molecule has 5 heteroatoms. The quantitative estimate of drug-likeness (QED) is 0.918. The standard InChI is InChI=1S/C15H20N2O2S/c1-15(2,3)8-12(18)9-19-13-6-4-11(5-7-13)14-10-20-17-16-14/h4-7,10,12,18H,8-9H2,1-3H3. The highest BCUT2D eigenvalue weighted by Crippen LogP contribution is 2.23. The molecule has 20 heavy (non-hydrogen) atoms. The molecule has 108 valence electrons. The fourth-order valence-corrected chi connectivity index (χ4v) is 2.44. The summed E-state index contributed by atoms with van der Waals surface area (Å²) in [4.78, 5) is 0. The van der Waals surface area contributed by atoms with Crippen LogP contribution in [-0.2, 0) is 0 Å². The summed E-state index contributed by atoms with van der Waals surface area (Å²) in [6, 6.07) is 7.67. The van der Waals surface area contributed by atoms with Gasteiger partial charge in [-0.15, -0.1) is 5.10 Å². The molecule has 0 aliphatic heterocycles. The zero-order valence-corrected chi connectivity index (χ0v) is 12.9. The van der Waals surface area contributed by atoms with Crippen LogP contribution in [0.5, 0.6) is 5.75 Å². The summed E-state index contributed by atoms with van der Waals surface area (Å²) in [5.74, 6) is 0.755. The normalized spacial score (nSPS) is 13.2. The molecule has 2 rings (SSSR count). The number of hydrogen-bond acceptors (Lipinski definition) is 5. The lowest BCUT2D eigenvalue weighted by atomic mass is 9.89. The average molecular weight is 292 g/mol. The van der Waals surface area contributed by atoms with E-state index in [4.69, 9.17) is 4.74 Å². The Labute approximate surface area is 123 Å². The molecule has 1 atom stereocenters. The number of aromatic nitrogens is 2. The van der Waals surface area contributed by atoms with E-state index in [0.29, 0.717) is 6.61 Å². The van der Waals surface area contributed by atoms with E-state index in [0.717, 1.165) is 23.4 Å². The molecule has 1 N–H and O–H groups in total. The first kappa shape index (κ1) is 14.9. The highest BCUT2D eigenvalue weighted by molar-refractivity contribution is 7.03. The maximum atomic E-state index is 9.91. The van der Waals surface area contributed by atoms with E-state index in [9.17, 15) is 5.11 Å². The van der Waals surface area contributed by atoms with E-state index in [-0.39, 0.29) is 5.41 Å². The van der Waals surface area contributed by atoms with Gasteiger partial charge in [-0.25, -0.2) is 0 Å². The van der Waals surface area contributed by atoms with Crippen LogP contribution in [0, 0.1) is 5.41 Å². The Morgan fingerprint density at radius 1 is 1.25 bits per heavy atom. The first-order valence-corrected chi connectivity index (χ1v) is 7.46. The SMILES string of the molecule is CC(C)(C)CC(O)COc1ccc(-c2csnn2)cc1. The van der Waals surface area contributed by atoms with E-state index in [2.05, 4.69) is 30.4 Å². The van der Waals surface area contributed by atoms with Gasteiger partial charge < -0.3 is 9.84 Å². The third kappa shape index (κ3) is 4.58. The number of rotatable bonds is 5. The average Bonchev–Trinajstić information content (AvgIpc) is 2.89. The molecule has 1 aromatic heterocycles. The van der Waals surface area contributed by atoms with Gasteiger partial charge in [-0.3, -0.25) is 0 Å². The molecule has 0 saturated carbocycles. The topological polar surface area (TPSA) is 55.2 Å². The van der Waals surface area contributed by atoms with Gasteiger partial charge in [-0.1, -0.05) is 25.3 Å². The van der Waals surface area contributed by atoms with Gasteiger partial charge in [0.05, 0.1) is 6.10 Å². The fourth-order valence-electron chi connectivity index (χ4n) is 1.97. The zero-order chi connectivity index (χ0) is 14.6. The minimum atomic E-state index is -0.447. The highest BCUT2D eigenvalue weighted by Gasteiger charge is 2.17. The van der Waals surface area contributed by atoms with Crippen molar-refractivity contribution >= 4 is 11.5 Å². The van der Waals surface area contributed by atoms with E-state index in [1.807, 2.05) is 29.6 Å². The van der Waals surface area contributed by atoms with Crippen LogP contribution in [0.4, 0.5) is 0 Å². The lowest BCUT2D eigenvalue weighted by molar-refractivity contribution is 0.0710. The van der Waals surface area contributed by atoms with Gasteiger partial charge in [0.25, 0.3) is 0 Å². The summed E-state index contributed by atoms with van der Waals surface area (Å²) >= 11 is 1.33. The minimum Gasteiger partial charge on any atom is -0.491 e. The lowest BCUT2D eigenvalue weighted by Gasteiger charge is -2.22. The van der Waals surface area contributed by atoms with E-state index in [1.54, 1.807) is 0 Å². The molecule has 1 aromatic carbocycles. The number of benzene rings is 1. The summed E-state index contributed by atoms with van der Waals surface area (Å²) in [5, 5.41) is 15.8. The summed E-state index contributed by atoms with van der Waals surface area (Å²) in [6.45, 7) is 6.63. The Bertz CT molecular complexity index is 518. The number of hydrogen-bond donors (Lipinski definition) is 1. The summed E-state index contributed by atoms with van der Waals surface area (Å²) in [6.07, 6.45) is 0.271. The minimum absolute atomic E-state index is 0.101. The Hall–Kier alpha value is -1.46. The van der Waals surface area contributed by atoms with Crippen molar-refractivity contribution in [3.8, 4) is 17.0 Å². The predicted molar refractivity (Wildman–Crippen MR) is 80.9 cm³/mol. The van der Waals surface area contributed by atoms with Crippen molar-refractivity contribution in [2.24, 2.45) is 5.41 Å². The number of ether oxygens (including phenoxy) is 1. The Morgan fingerprint density at radius 3 is 2.50 bits per heavy atom. The number of aliphatic hydroxyl groups excluding tert-OH is 1. The lowest BCUT2D eigenvalue weighted by Crippen LogP contribution is -2.23. The largest absolute Gasteiger partial charge is 0.491 e. The van der Waals surface area contributed by atoms with Gasteiger partial charge in [-0.05, 0) is 47.6 Å². The smallest absolute Gasteiger partial charge is 0.119 e. The van der Waals surface area contributed by atoms with Crippen molar-refractivity contribution in [2.75, 3.05) is 6.61 Å². The highest BCUT2D eigenvalue weighted by atomic mass is 32.1.